The van der Waals surface area contributed by atoms with Crippen LogP contribution in [0, 0.1) is 0 Å². The number of nitrogens with zero attached hydrogens (tertiary/aromatic N) is 2. The molecule has 0 aliphatic carbocycles. The molecule has 1 aromatic rings. The van der Waals surface area contributed by atoms with Gasteiger partial charge in [0.15, 0.2) is 0 Å². The van der Waals surface area contributed by atoms with Crippen molar-refractivity contribution in [3.05, 3.63) is 28.3 Å². The maximum atomic E-state index is 12.5. The van der Waals surface area contributed by atoms with Gasteiger partial charge in [0.2, 0.25) is 5.91 Å². The van der Waals surface area contributed by atoms with E-state index in [0.717, 1.165) is 6.42 Å². The highest BCUT2D eigenvalue weighted by Gasteiger charge is 2.29. The molecular formula is C16H21N3O5S. The van der Waals surface area contributed by atoms with Crippen molar-refractivity contribution in [3.63, 3.8) is 0 Å². The van der Waals surface area contributed by atoms with E-state index in [0.29, 0.717) is 34.4 Å². The molecule has 0 saturated carbocycles. The summed E-state index contributed by atoms with van der Waals surface area (Å²) in [7, 11) is 1.46. The molecule has 1 aromatic heterocycles. The van der Waals surface area contributed by atoms with E-state index in [1.54, 1.807) is 13.0 Å². The number of carbonyl (C=O) groups is 1. The van der Waals surface area contributed by atoms with Gasteiger partial charge in [0.05, 0.1) is 19.2 Å². The minimum Gasteiger partial charge on any atom is -0.496 e. The lowest BCUT2D eigenvalue weighted by molar-refractivity contribution is -0.122. The van der Waals surface area contributed by atoms with Gasteiger partial charge in [0.1, 0.15) is 28.3 Å². The Bertz CT molecular complexity index is 744. The van der Waals surface area contributed by atoms with Crippen LogP contribution in [0.15, 0.2) is 31.5 Å². The second-order valence-electron chi connectivity index (χ2n) is 5.51. The van der Waals surface area contributed by atoms with E-state index in [9.17, 15) is 9.59 Å². The van der Waals surface area contributed by atoms with Crippen molar-refractivity contribution in [2.45, 2.75) is 38.8 Å². The van der Waals surface area contributed by atoms with Crippen LogP contribution < -0.4 is 15.7 Å². The number of rotatable bonds is 7. The van der Waals surface area contributed by atoms with Gasteiger partial charge in [-0.2, -0.15) is 0 Å². The minimum atomic E-state index is -0.576. The number of thioether (sulfide) groups is 1. The van der Waals surface area contributed by atoms with Gasteiger partial charge in [-0.1, -0.05) is 18.5 Å². The van der Waals surface area contributed by atoms with Crippen LogP contribution in [0.25, 0.3) is 0 Å². The molecule has 136 valence electrons. The first-order valence-electron chi connectivity index (χ1n) is 7.87. The molecule has 0 spiro atoms. The van der Waals surface area contributed by atoms with Crippen molar-refractivity contribution in [2.24, 2.45) is 10.1 Å². The molecule has 2 rings (SSSR count). The summed E-state index contributed by atoms with van der Waals surface area (Å²) in [5.74, 6) is 0.933. The molecule has 2 unspecified atom stereocenters. The summed E-state index contributed by atoms with van der Waals surface area (Å²) in [5.41, 5.74) is -0.152. The van der Waals surface area contributed by atoms with Crippen LogP contribution in [0.2, 0.25) is 0 Å². The zero-order valence-electron chi connectivity index (χ0n) is 14.3. The van der Waals surface area contributed by atoms with Crippen LogP contribution in [0.4, 0.5) is 0 Å². The maximum absolute atomic E-state index is 12.5. The molecule has 9 heteroatoms. The molecule has 1 aliphatic heterocycles. The predicted molar refractivity (Wildman–Crippen MR) is 95.9 cm³/mol. The largest absolute Gasteiger partial charge is 0.496 e. The van der Waals surface area contributed by atoms with Crippen LogP contribution in [-0.4, -0.2) is 40.8 Å². The molecular weight excluding hydrogens is 346 g/mol. The summed E-state index contributed by atoms with van der Waals surface area (Å²) in [6.07, 6.45) is 1.39. The highest BCUT2D eigenvalue weighted by atomic mass is 32.2. The monoisotopic (exact) mass is 367 g/mol. The Balaban J connectivity index is 2.17. The molecule has 0 aromatic carbocycles. The Morgan fingerprint density at radius 3 is 3.00 bits per heavy atom. The summed E-state index contributed by atoms with van der Waals surface area (Å²) in [6, 6.07) is 1.82. The predicted octanol–water partition coefficient (Wildman–Crippen LogP) is 1.97. The normalized spacial score (nSPS) is 18.6. The number of amides is 1. The number of nitrogens with one attached hydrogen (secondary N) is 1. The lowest BCUT2D eigenvalue weighted by atomic mass is 10.1. The number of hydrogen-bond acceptors (Lipinski definition) is 8. The summed E-state index contributed by atoms with van der Waals surface area (Å²) in [4.78, 5) is 28.4. The Kier molecular flexibility index (Phi) is 6.63. The number of hydrogen-bond donors (Lipinski definition) is 2. The van der Waals surface area contributed by atoms with Gasteiger partial charge >= 0.3 is 5.63 Å². The van der Waals surface area contributed by atoms with Crippen LogP contribution in [0.5, 0.6) is 5.75 Å². The quantitative estimate of drug-likeness (QED) is 0.433. The standard InChI is InChI=1S/C16H21N3O5S/c1-4-5-11(13-6-10(23-3)7-14(20)24-13)17-15(21)12-8-25-16(18-12)9(2)19-22/h6-7,11-12,22H,4-5,8H2,1-3H3,(H,17,21)/b19-9+. The van der Waals surface area contributed by atoms with Crippen molar-refractivity contribution in [3.8, 4) is 5.75 Å². The number of aliphatic imine (C=N–C) groups is 1. The van der Waals surface area contributed by atoms with Gasteiger partial charge in [0, 0.05) is 11.8 Å². The number of carbonyl (C=O) groups excluding carboxylic acids is 1. The second-order valence-corrected chi connectivity index (χ2v) is 6.52. The SMILES string of the molecule is CCCC(NC(=O)C1CSC(/C(C)=N/O)=N1)c1cc(OC)cc(=O)o1. The first-order chi connectivity index (χ1) is 12.0. The summed E-state index contributed by atoms with van der Waals surface area (Å²) < 4.78 is 10.3. The fourth-order valence-electron chi connectivity index (χ4n) is 2.35. The lowest BCUT2D eigenvalue weighted by Crippen LogP contribution is -2.37. The zero-order chi connectivity index (χ0) is 18.4. The van der Waals surface area contributed by atoms with Crippen molar-refractivity contribution in [1.82, 2.24) is 5.32 Å². The van der Waals surface area contributed by atoms with Gasteiger partial charge in [-0.3, -0.25) is 9.79 Å². The van der Waals surface area contributed by atoms with Crippen LogP contribution in [0.3, 0.4) is 0 Å². The molecule has 0 fully saturated rings. The highest BCUT2D eigenvalue weighted by Crippen LogP contribution is 2.24. The highest BCUT2D eigenvalue weighted by molar-refractivity contribution is 8.16. The van der Waals surface area contributed by atoms with E-state index in [-0.39, 0.29) is 5.91 Å². The lowest BCUT2D eigenvalue weighted by Gasteiger charge is -2.18. The summed E-state index contributed by atoms with van der Waals surface area (Å²) in [6.45, 7) is 3.59. The second kappa shape index (κ2) is 8.70. The van der Waals surface area contributed by atoms with Gasteiger partial charge in [-0.25, -0.2) is 4.79 Å². The van der Waals surface area contributed by atoms with Crippen LogP contribution >= 0.6 is 11.8 Å². The minimum absolute atomic E-state index is 0.267. The number of ether oxygens (including phenoxy) is 1. The van der Waals surface area contributed by atoms with E-state index in [2.05, 4.69) is 15.5 Å². The van der Waals surface area contributed by atoms with Gasteiger partial charge < -0.3 is 19.7 Å². The average Bonchev–Trinajstić information content (AvgIpc) is 3.10. The first-order valence-corrected chi connectivity index (χ1v) is 8.86. The van der Waals surface area contributed by atoms with Crippen molar-refractivity contribution >= 4 is 28.4 Å². The average molecular weight is 367 g/mol. The molecule has 2 N–H and O–H groups in total. The Morgan fingerprint density at radius 2 is 2.36 bits per heavy atom. The third-order valence-corrected chi connectivity index (χ3v) is 4.81. The first kappa shape index (κ1) is 19.0. The molecule has 25 heavy (non-hydrogen) atoms. The molecule has 1 aliphatic rings. The molecule has 2 atom stereocenters. The summed E-state index contributed by atoms with van der Waals surface area (Å²) >= 11 is 1.36. The van der Waals surface area contributed by atoms with Crippen molar-refractivity contribution in [2.75, 3.05) is 12.9 Å². The van der Waals surface area contributed by atoms with Gasteiger partial charge in [0.25, 0.3) is 0 Å². The third kappa shape index (κ3) is 4.85. The molecule has 8 nitrogen and oxygen atoms in total. The molecule has 2 heterocycles. The topological polar surface area (TPSA) is 113 Å². The van der Waals surface area contributed by atoms with Gasteiger partial charge in [-0.15, -0.1) is 11.8 Å². The molecule has 0 saturated heterocycles. The molecule has 0 radical (unpaired) electrons. The Hall–Kier alpha value is -2.29. The van der Waals surface area contributed by atoms with Crippen LogP contribution in [0.1, 0.15) is 38.5 Å². The van der Waals surface area contributed by atoms with Crippen LogP contribution in [-0.2, 0) is 4.79 Å². The Labute approximate surface area is 149 Å². The fourth-order valence-corrected chi connectivity index (χ4v) is 3.35. The number of methoxy groups -OCH3 is 1. The van der Waals surface area contributed by atoms with Gasteiger partial charge in [-0.05, 0) is 13.3 Å². The van der Waals surface area contributed by atoms with E-state index in [1.165, 1.54) is 24.9 Å². The van der Waals surface area contributed by atoms with Crippen molar-refractivity contribution in [1.29, 1.82) is 0 Å². The molecule has 1 amide bonds. The van der Waals surface area contributed by atoms with E-state index in [4.69, 9.17) is 14.4 Å². The third-order valence-electron chi connectivity index (χ3n) is 3.65. The zero-order valence-corrected chi connectivity index (χ0v) is 15.1. The summed E-state index contributed by atoms with van der Waals surface area (Å²) in [5, 5.41) is 15.3. The smallest absolute Gasteiger partial charge is 0.339 e. The van der Waals surface area contributed by atoms with E-state index in [1.807, 2.05) is 6.92 Å². The van der Waals surface area contributed by atoms with E-state index < -0.39 is 17.7 Å². The van der Waals surface area contributed by atoms with E-state index >= 15 is 0 Å². The molecule has 0 bridgehead atoms. The fraction of sp³-hybridized carbons (Fsp3) is 0.500. The maximum Gasteiger partial charge on any atom is 0.339 e. The Morgan fingerprint density at radius 1 is 1.60 bits per heavy atom. The number of oxime groups is 1. The van der Waals surface area contributed by atoms with Crippen molar-refractivity contribution < 1.29 is 19.2 Å².